The van der Waals surface area contributed by atoms with Crippen LogP contribution in [0.4, 0.5) is 30.2 Å². The summed E-state index contributed by atoms with van der Waals surface area (Å²) in [5.74, 6) is 0.397. The molecular formula is C30H26F3N3O4. The van der Waals surface area contributed by atoms with Crippen molar-refractivity contribution in [2.75, 3.05) is 35.7 Å². The van der Waals surface area contributed by atoms with E-state index < -0.39 is 17.6 Å². The van der Waals surface area contributed by atoms with Gasteiger partial charge in [-0.15, -0.1) is 0 Å². The highest BCUT2D eigenvalue weighted by Gasteiger charge is 2.30. The second-order valence-electron chi connectivity index (χ2n) is 8.55. The third-order valence-electron chi connectivity index (χ3n) is 5.51. The van der Waals surface area contributed by atoms with Gasteiger partial charge in [-0.2, -0.15) is 13.2 Å². The zero-order valence-electron chi connectivity index (χ0n) is 21.2. The normalized spacial score (nSPS) is 10.9. The molecular weight excluding hydrogens is 523 g/mol. The number of hydrogen-bond acceptors (Lipinski definition) is 5. The summed E-state index contributed by atoms with van der Waals surface area (Å²) in [5, 5.41) is 8.15. The Morgan fingerprint density at radius 3 is 2.02 bits per heavy atom. The molecule has 0 fully saturated rings. The van der Waals surface area contributed by atoms with Gasteiger partial charge >= 0.3 is 6.18 Å². The third kappa shape index (κ3) is 8.52. The van der Waals surface area contributed by atoms with Crippen LogP contribution in [-0.4, -0.2) is 31.6 Å². The van der Waals surface area contributed by atoms with Crippen LogP contribution in [0, 0.1) is 0 Å². The first-order chi connectivity index (χ1) is 19.3. The fourth-order valence-electron chi connectivity index (χ4n) is 3.63. The Bertz CT molecular complexity index is 1450. The number of ether oxygens (including phenoxy) is 2. The topological polar surface area (TPSA) is 88.7 Å². The highest BCUT2D eigenvalue weighted by molar-refractivity contribution is 6.05. The molecule has 0 aliphatic rings. The molecule has 0 heterocycles. The lowest BCUT2D eigenvalue weighted by Gasteiger charge is -2.12. The van der Waals surface area contributed by atoms with Gasteiger partial charge in [-0.1, -0.05) is 36.4 Å². The van der Waals surface area contributed by atoms with Gasteiger partial charge < -0.3 is 25.4 Å². The standard InChI is InChI=1S/C30H26F3N3O4/c31-30(32,33)22-8-5-11-25(18-22)36-29(38)21-7-4-10-24(17-21)35-28(37)20-34-23-9-6-14-27(19-23)40-16-15-39-26-12-2-1-3-13-26/h1-14,17-19,34H,15-16,20H2,(H,35,37)(H,36,38). The van der Waals surface area contributed by atoms with E-state index in [0.717, 1.165) is 17.9 Å². The Kier molecular flexibility index (Phi) is 9.24. The molecule has 0 radical (unpaired) electrons. The highest BCUT2D eigenvalue weighted by Crippen LogP contribution is 2.30. The number of rotatable bonds is 11. The summed E-state index contributed by atoms with van der Waals surface area (Å²) in [4.78, 5) is 25.1. The van der Waals surface area contributed by atoms with Crippen LogP contribution >= 0.6 is 0 Å². The maximum Gasteiger partial charge on any atom is 0.416 e. The first kappa shape index (κ1) is 28.0. The van der Waals surface area contributed by atoms with Gasteiger partial charge in [0.2, 0.25) is 5.91 Å². The second-order valence-corrected chi connectivity index (χ2v) is 8.55. The predicted molar refractivity (Wildman–Crippen MR) is 147 cm³/mol. The fraction of sp³-hybridized carbons (Fsp3) is 0.133. The lowest BCUT2D eigenvalue weighted by Crippen LogP contribution is -2.22. The summed E-state index contributed by atoms with van der Waals surface area (Å²) >= 11 is 0. The van der Waals surface area contributed by atoms with E-state index in [1.54, 1.807) is 36.4 Å². The summed E-state index contributed by atoms with van der Waals surface area (Å²) in [5.41, 5.74) is 0.343. The van der Waals surface area contributed by atoms with Crippen LogP contribution in [0.15, 0.2) is 103 Å². The van der Waals surface area contributed by atoms with Crippen molar-refractivity contribution in [3.05, 3.63) is 114 Å². The first-order valence-corrected chi connectivity index (χ1v) is 12.3. The van der Waals surface area contributed by atoms with Crippen LogP contribution in [0.25, 0.3) is 0 Å². The van der Waals surface area contributed by atoms with Gasteiger partial charge in [0.15, 0.2) is 0 Å². The van der Waals surface area contributed by atoms with Gasteiger partial charge in [-0.05, 0) is 60.7 Å². The van der Waals surface area contributed by atoms with Crippen molar-refractivity contribution in [3.63, 3.8) is 0 Å². The van der Waals surface area contributed by atoms with Gasteiger partial charge in [0.05, 0.1) is 12.1 Å². The molecule has 0 unspecified atom stereocenters. The molecule has 206 valence electrons. The van der Waals surface area contributed by atoms with Crippen molar-refractivity contribution < 1.29 is 32.2 Å². The van der Waals surface area contributed by atoms with Crippen LogP contribution in [0.2, 0.25) is 0 Å². The quantitative estimate of drug-likeness (QED) is 0.187. The number of amides is 2. The van der Waals surface area contributed by atoms with Gasteiger partial charge in [0.25, 0.3) is 5.91 Å². The Hall–Kier alpha value is -4.99. The summed E-state index contributed by atoms with van der Waals surface area (Å²) in [6.45, 7) is 0.666. The Balaban J connectivity index is 1.25. The highest BCUT2D eigenvalue weighted by atomic mass is 19.4. The van der Waals surface area contributed by atoms with E-state index in [1.165, 1.54) is 24.3 Å². The number of hydrogen-bond donors (Lipinski definition) is 3. The molecule has 0 atom stereocenters. The molecule has 4 aromatic rings. The van der Waals surface area contributed by atoms with E-state index in [9.17, 15) is 22.8 Å². The molecule has 0 saturated heterocycles. The number of carbonyl (C=O) groups excluding carboxylic acids is 2. The van der Waals surface area contributed by atoms with Crippen LogP contribution in [0.1, 0.15) is 15.9 Å². The number of halogens is 3. The average molecular weight is 550 g/mol. The lowest BCUT2D eigenvalue weighted by molar-refractivity contribution is -0.137. The minimum absolute atomic E-state index is 0.00777. The number of para-hydroxylation sites is 1. The van der Waals surface area contributed by atoms with Crippen molar-refractivity contribution in [1.82, 2.24) is 0 Å². The lowest BCUT2D eigenvalue weighted by atomic mass is 10.1. The van der Waals surface area contributed by atoms with Crippen LogP contribution < -0.4 is 25.4 Å². The smallest absolute Gasteiger partial charge is 0.416 e. The monoisotopic (exact) mass is 549 g/mol. The molecule has 7 nitrogen and oxygen atoms in total. The molecule has 0 saturated carbocycles. The van der Waals surface area contributed by atoms with E-state index in [1.807, 2.05) is 30.3 Å². The van der Waals surface area contributed by atoms with Crippen LogP contribution in [0.5, 0.6) is 11.5 Å². The SMILES string of the molecule is O=C(CNc1cccc(OCCOc2ccccc2)c1)Nc1cccc(C(=O)Nc2cccc(C(F)(F)F)c2)c1. The van der Waals surface area contributed by atoms with E-state index in [0.29, 0.717) is 30.3 Å². The summed E-state index contributed by atoms with van der Waals surface area (Å²) in [6.07, 6.45) is -4.52. The van der Waals surface area contributed by atoms with Crippen molar-refractivity contribution >= 4 is 28.9 Å². The van der Waals surface area contributed by atoms with E-state index in [-0.39, 0.29) is 23.7 Å². The Morgan fingerprint density at radius 2 is 1.27 bits per heavy atom. The molecule has 2 amide bonds. The van der Waals surface area contributed by atoms with Gasteiger partial charge in [0.1, 0.15) is 24.7 Å². The molecule has 10 heteroatoms. The number of anilines is 3. The summed E-state index contributed by atoms with van der Waals surface area (Å²) < 4.78 is 50.1. The third-order valence-corrected chi connectivity index (χ3v) is 5.51. The van der Waals surface area contributed by atoms with E-state index in [4.69, 9.17) is 9.47 Å². The van der Waals surface area contributed by atoms with Crippen molar-refractivity contribution in [2.24, 2.45) is 0 Å². The second kappa shape index (κ2) is 13.2. The van der Waals surface area contributed by atoms with Crippen molar-refractivity contribution in [2.45, 2.75) is 6.18 Å². The zero-order chi connectivity index (χ0) is 28.4. The van der Waals surface area contributed by atoms with E-state index >= 15 is 0 Å². The Morgan fingerprint density at radius 1 is 0.650 bits per heavy atom. The maximum atomic E-state index is 12.9. The van der Waals surface area contributed by atoms with Crippen molar-refractivity contribution in [1.29, 1.82) is 0 Å². The number of nitrogens with one attached hydrogen (secondary N) is 3. The summed E-state index contributed by atoms with van der Waals surface area (Å²) in [7, 11) is 0. The largest absolute Gasteiger partial charge is 0.490 e. The molecule has 0 aliphatic heterocycles. The Labute approximate surface area is 228 Å². The molecule has 0 aliphatic carbocycles. The molecule has 0 aromatic heterocycles. The minimum Gasteiger partial charge on any atom is -0.490 e. The summed E-state index contributed by atoms with van der Waals surface area (Å²) in [6, 6.07) is 27.0. The first-order valence-electron chi connectivity index (χ1n) is 12.3. The minimum atomic E-state index is -4.52. The number of alkyl halides is 3. The number of carbonyl (C=O) groups is 2. The average Bonchev–Trinajstić information content (AvgIpc) is 2.95. The van der Waals surface area contributed by atoms with Crippen molar-refractivity contribution in [3.8, 4) is 11.5 Å². The van der Waals surface area contributed by atoms with Crippen LogP contribution in [-0.2, 0) is 11.0 Å². The van der Waals surface area contributed by atoms with Gasteiger partial charge in [-0.25, -0.2) is 0 Å². The van der Waals surface area contributed by atoms with E-state index in [2.05, 4.69) is 16.0 Å². The van der Waals surface area contributed by atoms with Gasteiger partial charge in [0, 0.05) is 28.7 Å². The molecule has 3 N–H and O–H groups in total. The predicted octanol–water partition coefficient (Wildman–Crippen LogP) is 6.47. The van der Waals surface area contributed by atoms with Gasteiger partial charge in [-0.3, -0.25) is 9.59 Å². The molecule has 0 bridgehead atoms. The number of benzene rings is 4. The fourth-order valence-corrected chi connectivity index (χ4v) is 3.63. The maximum absolute atomic E-state index is 12.9. The molecule has 40 heavy (non-hydrogen) atoms. The van der Waals surface area contributed by atoms with Crippen LogP contribution in [0.3, 0.4) is 0 Å². The molecule has 4 rings (SSSR count). The molecule has 4 aromatic carbocycles. The molecule has 0 spiro atoms. The zero-order valence-corrected chi connectivity index (χ0v) is 21.2.